The van der Waals surface area contributed by atoms with Crippen molar-refractivity contribution in [2.75, 3.05) is 0 Å². The maximum Gasteiger partial charge on any atom is 0.160 e. The van der Waals surface area contributed by atoms with E-state index in [0.29, 0.717) is 5.82 Å². The van der Waals surface area contributed by atoms with Crippen LogP contribution in [0.4, 0.5) is 0 Å². The largest absolute Gasteiger partial charge is 0.456 e. The van der Waals surface area contributed by atoms with E-state index in [0.717, 1.165) is 72.3 Å². The van der Waals surface area contributed by atoms with Crippen molar-refractivity contribution in [2.45, 2.75) is 5.41 Å². The summed E-state index contributed by atoms with van der Waals surface area (Å²) >= 11 is 0. The highest BCUT2D eigenvalue weighted by molar-refractivity contribution is 6.06. The van der Waals surface area contributed by atoms with Gasteiger partial charge >= 0.3 is 0 Å². The lowest BCUT2D eigenvalue weighted by molar-refractivity contribution is 0.669. The molecule has 13 rings (SSSR count). The zero-order valence-electron chi connectivity index (χ0n) is 37.1. The van der Waals surface area contributed by atoms with Crippen LogP contribution in [-0.2, 0) is 5.41 Å². The molecular formula is C65H42N2O. The second-order valence-electron chi connectivity index (χ2n) is 17.7. The normalized spacial score (nSPS) is 12.5. The van der Waals surface area contributed by atoms with Crippen LogP contribution in [0.15, 0.2) is 259 Å². The first-order chi connectivity index (χ1) is 33.7. The Bertz CT molecular complexity index is 3780. The Labute approximate surface area is 395 Å². The highest BCUT2D eigenvalue weighted by Gasteiger charge is 2.46. The van der Waals surface area contributed by atoms with Crippen LogP contribution in [0, 0.1) is 0 Å². The van der Waals surface area contributed by atoms with Gasteiger partial charge in [0.15, 0.2) is 5.82 Å². The standard InChI is InChI=1S/C65H42N2O/c1-5-17-43(18-6-1)44-29-31-45(32-30-44)49-37-50(47-34-36-63-57(40-47)56-26-14-16-28-62(56)68-63)39-51(38-49)61-42-60(66-64(67-61)46-19-7-2-8-20-46)48-33-35-55-54-25-13-15-27-58(54)65(59(55)41-48,52-21-9-3-10-22-52)53-23-11-4-12-24-53/h1-42H. The second-order valence-corrected chi connectivity index (χ2v) is 17.7. The molecule has 0 aliphatic heterocycles. The van der Waals surface area contributed by atoms with Gasteiger partial charge in [-0.2, -0.15) is 0 Å². The average Bonchev–Trinajstić information content (AvgIpc) is 3.95. The second kappa shape index (κ2) is 16.2. The molecule has 0 unspecified atom stereocenters. The smallest absolute Gasteiger partial charge is 0.160 e. The Kier molecular flexibility index (Phi) is 9.40. The van der Waals surface area contributed by atoms with Gasteiger partial charge in [-0.05, 0) is 115 Å². The number of hydrogen-bond acceptors (Lipinski definition) is 3. The van der Waals surface area contributed by atoms with Gasteiger partial charge in [-0.15, -0.1) is 0 Å². The van der Waals surface area contributed by atoms with E-state index >= 15 is 0 Å². The van der Waals surface area contributed by atoms with Crippen LogP contribution in [0.5, 0.6) is 0 Å². The third-order valence-electron chi connectivity index (χ3n) is 13.8. The molecule has 3 heteroatoms. The first kappa shape index (κ1) is 39.4. The first-order valence-corrected chi connectivity index (χ1v) is 23.2. The zero-order chi connectivity index (χ0) is 45.0. The summed E-state index contributed by atoms with van der Waals surface area (Å²) in [5, 5.41) is 2.19. The molecular weight excluding hydrogens is 825 g/mol. The molecule has 0 saturated heterocycles. The molecule has 0 spiro atoms. The van der Waals surface area contributed by atoms with Crippen LogP contribution in [-0.4, -0.2) is 9.97 Å². The number of rotatable bonds is 8. The number of furan rings is 1. The van der Waals surface area contributed by atoms with Crippen molar-refractivity contribution in [3.63, 3.8) is 0 Å². The number of benzene rings is 10. The van der Waals surface area contributed by atoms with Crippen molar-refractivity contribution in [2.24, 2.45) is 0 Å². The van der Waals surface area contributed by atoms with E-state index in [-0.39, 0.29) is 0 Å². The van der Waals surface area contributed by atoms with Gasteiger partial charge in [0, 0.05) is 27.5 Å². The highest BCUT2D eigenvalue weighted by atomic mass is 16.3. The summed E-state index contributed by atoms with van der Waals surface area (Å²) in [5.41, 5.74) is 20.1. The number of fused-ring (bicyclic) bond motifs is 6. The molecule has 12 aromatic rings. The molecule has 0 atom stereocenters. The van der Waals surface area contributed by atoms with Gasteiger partial charge in [-0.3, -0.25) is 0 Å². The molecule has 0 saturated carbocycles. The van der Waals surface area contributed by atoms with E-state index in [2.05, 4.69) is 237 Å². The predicted molar refractivity (Wildman–Crippen MR) is 279 cm³/mol. The van der Waals surface area contributed by atoms with Gasteiger partial charge < -0.3 is 4.42 Å². The van der Waals surface area contributed by atoms with E-state index in [4.69, 9.17) is 14.4 Å². The van der Waals surface area contributed by atoms with Crippen LogP contribution < -0.4 is 0 Å². The molecule has 318 valence electrons. The number of nitrogens with zero attached hydrogens (tertiary/aromatic N) is 2. The Hall–Kier alpha value is -8.92. The van der Waals surface area contributed by atoms with Crippen molar-refractivity contribution in [3.05, 3.63) is 277 Å². The number of para-hydroxylation sites is 1. The molecule has 0 fully saturated rings. The van der Waals surface area contributed by atoms with Gasteiger partial charge in [0.1, 0.15) is 11.2 Å². The van der Waals surface area contributed by atoms with Crippen LogP contribution in [0.1, 0.15) is 22.3 Å². The Balaban J connectivity index is 1.02. The molecule has 2 heterocycles. The third kappa shape index (κ3) is 6.59. The van der Waals surface area contributed by atoms with Crippen molar-refractivity contribution in [1.29, 1.82) is 0 Å². The van der Waals surface area contributed by atoms with Crippen molar-refractivity contribution in [3.8, 4) is 78.4 Å². The Morgan fingerprint density at radius 2 is 0.765 bits per heavy atom. The maximum absolute atomic E-state index is 6.28. The summed E-state index contributed by atoms with van der Waals surface area (Å²) in [6.45, 7) is 0. The van der Waals surface area contributed by atoms with Crippen LogP contribution in [0.2, 0.25) is 0 Å². The molecule has 3 nitrogen and oxygen atoms in total. The molecule has 1 aliphatic carbocycles. The maximum atomic E-state index is 6.28. The molecule has 10 aromatic carbocycles. The van der Waals surface area contributed by atoms with Crippen molar-refractivity contribution in [1.82, 2.24) is 9.97 Å². The van der Waals surface area contributed by atoms with Crippen LogP contribution >= 0.6 is 0 Å². The van der Waals surface area contributed by atoms with Crippen molar-refractivity contribution < 1.29 is 4.42 Å². The summed E-state index contributed by atoms with van der Waals surface area (Å²) in [4.78, 5) is 10.8. The fourth-order valence-corrected chi connectivity index (χ4v) is 10.6. The molecule has 0 N–H and O–H groups in total. The van der Waals surface area contributed by atoms with Gasteiger partial charge in [0.05, 0.1) is 16.8 Å². The molecule has 0 bridgehead atoms. The minimum atomic E-state index is -0.538. The van der Waals surface area contributed by atoms with Gasteiger partial charge in [-0.1, -0.05) is 206 Å². The topological polar surface area (TPSA) is 38.9 Å². The highest BCUT2D eigenvalue weighted by Crippen LogP contribution is 2.56. The third-order valence-corrected chi connectivity index (χ3v) is 13.8. The molecule has 68 heavy (non-hydrogen) atoms. The summed E-state index contributed by atoms with van der Waals surface area (Å²) in [6, 6.07) is 91.3. The lowest BCUT2D eigenvalue weighted by atomic mass is 9.67. The average molecular weight is 867 g/mol. The van der Waals surface area contributed by atoms with Crippen molar-refractivity contribution >= 4 is 21.9 Å². The minimum Gasteiger partial charge on any atom is -0.456 e. The fraction of sp³-hybridized carbons (Fsp3) is 0.0154. The molecule has 1 aliphatic rings. The lowest BCUT2D eigenvalue weighted by Gasteiger charge is -2.34. The monoisotopic (exact) mass is 866 g/mol. The van der Waals surface area contributed by atoms with Gasteiger partial charge in [0.2, 0.25) is 0 Å². The SMILES string of the molecule is c1ccc(-c2ccc(-c3cc(-c4ccc5oc6ccccc6c5c4)cc(-c4cc(-c5ccc6c(c5)C(c5ccccc5)(c5ccccc5)c5ccccc5-6)nc(-c5ccccc5)n4)c3)cc2)cc1. The van der Waals surface area contributed by atoms with E-state index in [1.165, 1.54) is 44.5 Å². The van der Waals surface area contributed by atoms with Crippen LogP contribution in [0.25, 0.3) is 100 Å². The number of hydrogen-bond donors (Lipinski definition) is 0. The van der Waals surface area contributed by atoms with E-state index in [9.17, 15) is 0 Å². The van der Waals surface area contributed by atoms with E-state index in [1.807, 2.05) is 18.2 Å². The Morgan fingerprint density at radius 1 is 0.279 bits per heavy atom. The summed E-state index contributed by atoms with van der Waals surface area (Å²) in [5.74, 6) is 0.671. The van der Waals surface area contributed by atoms with E-state index in [1.54, 1.807) is 0 Å². The zero-order valence-corrected chi connectivity index (χ0v) is 37.1. The Morgan fingerprint density at radius 3 is 1.47 bits per heavy atom. The fourth-order valence-electron chi connectivity index (χ4n) is 10.6. The minimum absolute atomic E-state index is 0.538. The van der Waals surface area contributed by atoms with Crippen LogP contribution in [0.3, 0.4) is 0 Å². The summed E-state index contributed by atoms with van der Waals surface area (Å²) in [7, 11) is 0. The quantitative estimate of drug-likeness (QED) is 0.153. The molecule has 2 aromatic heterocycles. The summed E-state index contributed by atoms with van der Waals surface area (Å²) < 4.78 is 6.28. The van der Waals surface area contributed by atoms with Gasteiger partial charge in [-0.25, -0.2) is 9.97 Å². The summed E-state index contributed by atoms with van der Waals surface area (Å²) in [6.07, 6.45) is 0. The molecule has 0 amide bonds. The predicted octanol–water partition coefficient (Wildman–Crippen LogP) is 16.7. The lowest BCUT2D eigenvalue weighted by Crippen LogP contribution is -2.28. The first-order valence-electron chi connectivity index (χ1n) is 23.2. The van der Waals surface area contributed by atoms with E-state index < -0.39 is 5.41 Å². The molecule has 0 radical (unpaired) electrons. The number of aromatic nitrogens is 2. The van der Waals surface area contributed by atoms with Gasteiger partial charge in [0.25, 0.3) is 0 Å².